The number of hydrogen-bond acceptors (Lipinski definition) is 23. The summed E-state index contributed by atoms with van der Waals surface area (Å²) in [5.41, 5.74) is -3.52. The lowest BCUT2D eigenvalue weighted by Gasteiger charge is -2.48. The highest BCUT2D eigenvalue weighted by Gasteiger charge is 2.58. The number of fused-ring (bicyclic) bond motifs is 1. The largest absolute Gasteiger partial charge is 0.504 e. The Hall–Kier alpha value is -6.05. The van der Waals surface area contributed by atoms with Crippen molar-refractivity contribution < 1.29 is 112 Å². The first-order valence-corrected chi connectivity index (χ1v) is 19.1. The molecule has 0 spiro atoms. The number of phenols is 3. The fraction of sp³-hybridized carbons (Fsp3) is 0.475. The number of hydrogen-bond donors (Lipinski definition) is 8. The fourth-order valence-corrected chi connectivity index (χ4v) is 7.24. The van der Waals surface area contributed by atoms with Crippen LogP contribution in [0.2, 0.25) is 0 Å². The Morgan fingerprint density at radius 3 is 2.11 bits per heavy atom. The summed E-state index contributed by atoms with van der Waals surface area (Å²) in [7, 11) is 0. The van der Waals surface area contributed by atoms with E-state index in [1.54, 1.807) is 0 Å². The zero-order chi connectivity index (χ0) is 45.9. The first kappa shape index (κ1) is 46.5. The van der Waals surface area contributed by atoms with Crippen LogP contribution in [0.5, 0.6) is 23.0 Å². The molecule has 0 radical (unpaired) electrons. The zero-order valence-electron chi connectivity index (χ0n) is 33.3. The normalized spacial score (nSPS) is 32.6. The molecule has 2 aromatic carbocycles. The first-order chi connectivity index (χ1) is 29.9. The van der Waals surface area contributed by atoms with E-state index in [1.807, 2.05) is 0 Å². The molecule has 6 rings (SSSR count). The third-order valence-corrected chi connectivity index (χ3v) is 10.5. The van der Waals surface area contributed by atoms with Crippen molar-refractivity contribution >= 4 is 29.8 Å². The van der Waals surface area contributed by atoms with Crippen molar-refractivity contribution in [2.45, 2.75) is 93.6 Å². The summed E-state index contributed by atoms with van der Waals surface area (Å²) in [6.45, 7) is 3.89. The lowest BCUT2D eigenvalue weighted by atomic mass is 9.76. The number of carbonyl (C=O) groups excluding carboxylic acids is 5. The Morgan fingerprint density at radius 2 is 1.46 bits per heavy atom. The standard InChI is InChI=1S/C40H44O23/c1-4-20-37(56-14-21-36(52)54-12-11-40(20,21)53)63-39-33(62-34(50)18-7-5-9-22(44)26(18)45)32(57-17(3)43)31(25(60-39)15-55-16(2)42)61-35(51)19-8-6-10-23(27(19)46)58-38-30(49)29(48)28(47)24(13-41)59-38/h4-10,14,20,24-25,28-33,37-39,41,44-49,53H,1,11-13,15H2,2-3H3/t20-,24+,25+,28+,29-,30+,31+,32-,33+,37?,38+,39-,40+/m0/s1. The van der Waals surface area contributed by atoms with Crippen molar-refractivity contribution in [3.63, 3.8) is 0 Å². The fourth-order valence-electron chi connectivity index (χ4n) is 7.24. The summed E-state index contributed by atoms with van der Waals surface area (Å²) in [6, 6.07) is 6.64. The number of aromatic hydroxyl groups is 3. The quantitative estimate of drug-likeness (QED) is 0.0501. The maximum atomic E-state index is 14.0. The molecule has 23 heteroatoms. The van der Waals surface area contributed by atoms with Crippen LogP contribution in [0.3, 0.4) is 0 Å². The van der Waals surface area contributed by atoms with Crippen LogP contribution in [0, 0.1) is 5.92 Å². The molecule has 23 nitrogen and oxygen atoms in total. The van der Waals surface area contributed by atoms with Gasteiger partial charge in [-0.3, -0.25) is 9.59 Å². The van der Waals surface area contributed by atoms with Gasteiger partial charge < -0.3 is 88.2 Å². The second-order valence-electron chi connectivity index (χ2n) is 14.5. The van der Waals surface area contributed by atoms with Crippen molar-refractivity contribution in [2.75, 3.05) is 19.8 Å². The van der Waals surface area contributed by atoms with Gasteiger partial charge in [0.1, 0.15) is 59.4 Å². The molecule has 4 aliphatic heterocycles. The molecule has 4 aliphatic rings. The van der Waals surface area contributed by atoms with E-state index in [0.29, 0.717) is 0 Å². The van der Waals surface area contributed by atoms with E-state index in [-0.39, 0.29) is 18.6 Å². The number of rotatable bonds is 13. The molecule has 2 aromatic rings. The van der Waals surface area contributed by atoms with Crippen LogP contribution in [0.25, 0.3) is 0 Å². The SMILES string of the molecule is C=C[C@H]1C(O[C@@H]2O[C@H](COC(C)=O)[C@@H](OC(=O)c3cccc(O[C@@H]4O[C@H](CO)[C@@H](O)[C@H](O)[C@H]4O)c3O)[C@H](OC(C)=O)[C@H]2OC(=O)c2cccc(O)c2O)OC=C2C(=O)OCC[C@]21O. The van der Waals surface area contributed by atoms with E-state index in [4.69, 9.17) is 47.4 Å². The van der Waals surface area contributed by atoms with Gasteiger partial charge in [0, 0.05) is 20.3 Å². The first-order valence-electron chi connectivity index (χ1n) is 19.1. The number of benzene rings is 2. The number of carbonyl (C=O) groups is 5. The molecule has 63 heavy (non-hydrogen) atoms. The molecular weight excluding hydrogens is 848 g/mol. The predicted molar refractivity (Wildman–Crippen MR) is 200 cm³/mol. The van der Waals surface area contributed by atoms with E-state index < -0.39 is 156 Å². The molecule has 0 amide bonds. The van der Waals surface area contributed by atoms with Crippen LogP contribution in [0.1, 0.15) is 41.0 Å². The van der Waals surface area contributed by atoms with Crippen molar-refractivity contribution in [1.29, 1.82) is 0 Å². The number of aliphatic hydroxyl groups is 5. The van der Waals surface area contributed by atoms with Gasteiger partial charge in [-0.05, 0) is 24.3 Å². The van der Waals surface area contributed by atoms with Crippen LogP contribution in [0.4, 0.5) is 0 Å². The van der Waals surface area contributed by atoms with Crippen LogP contribution in [-0.4, -0.2) is 164 Å². The van der Waals surface area contributed by atoms with Gasteiger partial charge in [-0.1, -0.05) is 18.2 Å². The predicted octanol–water partition coefficient (Wildman–Crippen LogP) is -1.31. The minimum Gasteiger partial charge on any atom is -0.504 e. The van der Waals surface area contributed by atoms with E-state index in [0.717, 1.165) is 44.4 Å². The third-order valence-electron chi connectivity index (χ3n) is 10.5. The molecule has 0 aliphatic carbocycles. The summed E-state index contributed by atoms with van der Waals surface area (Å²) >= 11 is 0. The Morgan fingerprint density at radius 1 is 0.810 bits per heavy atom. The molecule has 13 atom stereocenters. The van der Waals surface area contributed by atoms with Gasteiger partial charge in [-0.2, -0.15) is 0 Å². The number of para-hydroxylation sites is 2. The molecule has 0 saturated carbocycles. The van der Waals surface area contributed by atoms with Crippen LogP contribution >= 0.6 is 0 Å². The average molecular weight is 893 g/mol. The lowest BCUT2D eigenvalue weighted by Crippen LogP contribution is -2.64. The number of aliphatic hydroxyl groups excluding tert-OH is 4. The number of phenolic OH excluding ortho intramolecular Hbond substituents is 3. The minimum atomic E-state index is -2.05. The number of cyclic esters (lactones) is 1. The van der Waals surface area contributed by atoms with Gasteiger partial charge in [0.2, 0.25) is 18.9 Å². The Balaban J connectivity index is 1.38. The Bertz CT molecular complexity index is 2100. The summed E-state index contributed by atoms with van der Waals surface area (Å²) in [5.74, 6) is -10.0. The second kappa shape index (κ2) is 19.1. The van der Waals surface area contributed by atoms with Gasteiger partial charge in [0.05, 0.1) is 25.4 Å². The van der Waals surface area contributed by atoms with Crippen molar-refractivity contribution in [1.82, 2.24) is 0 Å². The summed E-state index contributed by atoms with van der Waals surface area (Å²) in [4.78, 5) is 65.3. The molecule has 342 valence electrons. The van der Waals surface area contributed by atoms with Gasteiger partial charge in [0.15, 0.2) is 41.3 Å². The van der Waals surface area contributed by atoms with Crippen LogP contribution in [-0.2, 0) is 57.0 Å². The maximum absolute atomic E-state index is 14.0. The molecular formula is C40H44O23. The van der Waals surface area contributed by atoms with Crippen molar-refractivity contribution in [3.8, 4) is 23.0 Å². The average Bonchev–Trinajstić information content (AvgIpc) is 3.23. The summed E-state index contributed by atoms with van der Waals surface area (Å²) in [6.07, 6.45) is -18.1. The third kappa shape index (κ3) is 9.50. The second-order valence-corrected chi connectivity index (χ2v) is 14.5. The molecule has 0 bridgehead atoms. The van der Waals surface area contributed by atoms with E-state index in [1.165, 1.54) is 18.2 Å². The minimum absolute atomic E-state index is 0.143. The van der Waals surface area contributed by atoms with Gasteiger partial charge in [-0.25, -0.2) is 14.4 Å². The maximum Gasteiger partial charge on any atom is 0.342 e. The Labute approximate surface area is 356 Å². The summed E-state index contributed by atoms with van der Waals surface area (Å²) < 4.78 is 56.1. The highest BCUT2D eigenvalue weighted by molar-refractivity contribution is 5.94. The van der Waals surface area contributed by atoms with Gasteiger partial charge >= 0.3 is 29.8 Å². The molecule has 8 N–H and O–H groups in total. The smallest absolute Gasteiger partial charge is 0.342 e. The lowest BCUT2D eigenvalue weighted by molar-refractivity contribution is -0.343. The molecule has 0 aromatic heterocycles. The molecule has 3 fully saturated rings. The van der Waals surface area contributed by atoms with Gasteiger partial charge in [0.25, 0.3) is 0 Å². The number of ether oxygens (including phenoxy) is 10. The zero-order valence-corrected chi connectivity index (χ0v) is 33.3. The molecule has 4 heterocycles. The number of esters is 5. The van der Waals surface area contributed by atoms with E-state index >= 15 is 0 Å². The van der Waals surface area contributed by atoms with Crippen molar-refractivity contribution in [3.05, 3.63) is 72.0 Å². The highest BCUT2D eigenvalue weighted by Crippen LogP contribution is 2.43. The van der Waals surface area contributed by atoms with Crippen LogP contribution < -0.4 is 4.74 Å². The summed E-state index contributed by atoms with van der Waals surface area (Å²) in [5, 5.41) is 84.0. The van der Waals surface area contributed by atoms with Crippen LogP contribution in [0.15, 0.2) is 60.9 Å². The van der Waals surface area contributed by atoms with Crippen molar-refractivity contribution in [2.24, 2.45) is 5.92 Å². The molecule has 1 unspecified atom stereocenters. The van der Waals surface area contributed by atoms with E-state index in [9.17, 15) is 64.8 Å². The monoisotopic (exact) mass is 892 g/mol. The van der Waals surface area contributed by atoms with Gasteiger partial charge in [-0.15, -0.1) is 6.58 Å². The topological polar surface area (TPSA) is 339 Å². The Kier molecular flexibility index (Phi) is 14.1. The highest BCUT2D eigenvalue weighted by atomic mass is 16.8. The molecule has 3 saturated heterocycles. The van der Waals surface area contributed by atoms with E-state index in [2.05, 4.69) is 6.58 Å².